The molecule has 5 heteroatoms. The van der Waals surface area contributed by atoms with Crippen LogP contribution in [0.1, 0.15) is 35.3 Å². The first-order chi connectivity index (χ1) is 11.5. The number of rotatable bonds is 6. The Bertz CT molecular complexity index is 739. The molecule has 1 amide bonds. The van der Waals surface area contributed by atoms with Crippen LogP contribution in [0, 0.1) is 6.92 Å². The number of benzene rings is 2. The number of nitrogens with zero attached hydrogens (tertiary/aromatic N) is 1. The molecule has 0 heterocycles. The van der Waals surface area contributed by atoms with Crippen molar-refractivity contribution in [2.75, 3.05) is 7.11 Å². The second kappa shape index (κ2) is 8.15. The van der Waals surface area contributed by atoms with Gasteiger partial charge in [0.25, 0.3) is 5.91 Å². The summed E-state index contributed by atoms with van der Waals surface area (Å²) in [7, 11) is 1.59. The average molecular weight is 326 g/mol. The Morgan fingerprint density at radius 1 is 1.17 bits per heavy atom. The first-order valence-corrected chi connectivity index (χ1v) is 7.75. The van der Waals surface area contributed by atoms with E-state index in [-0.39, 0.29) is 12.0 Å². The molecule has 0 fully saturated rings. The molecule has 2 rings (SSSR count). The second-order valence-electron chi connectivity index (χ2n) is 5.59. The van der Waals surface area contributed by atoms with Crippen LogP contribution >= 0.6 is 0 Å². The van der Waals surface area contributed by atoms with Gasteiger partial charge in [-0.2, -0.15) is 5.10 Å². The van der Waals surface area contributed by atoms with Crippen LogP contribution in [-0.2, 0) is 0 Å². The van der Waals surface area contributed by atoms with E-state index < -0.39 is 0 Å². The van der Waals surface area contributed by atoms with Gasteiger partial charge < -0.3 is 9.47 Å². The summed E-state index contributed by atoms with van der Waals surface area (Å²) >= 11 is 0. The minimum atomic E-state index is -0.240. The number of amides is 1. The molecule has 0 aromatic heterocycles. The highest BCUT2D eigenvalue weighted by Crippen LogP contribution is 2.28. The molecular formula is C19H22N2O3. The SMILES string of the molecule is COc1cc(C=NNC(=O)c2ccccc2C)ccc1OC(C)C. The summed E-state index contributed by atoms with van der Waals surface area (Å²) < 4.78 is 11.0. The summed E-state index contributed by atoms with van der Waals surface area (Å²) in [4.78, 5) is 12.1. The summed E-state index contributed by atoms with van der Waals surface area (Å²) in [5.74, 6) is 1.06. The number of hydrazone groups is 1. The molecule has 0 atom stereocenters. The molecule has 0 saturated carbocycles. The van der Waals surface area contributed by atoms with Crippen molar-refractivity contribution >= 4 is 12.1 Å². The van der Waals surface area contributed by atoms with Gasteiger partial charge in [-0.3, -0.25) is 4.79 Å². The van der Waals surface area contributed by atoms with E-state index in [4.69, 9.17) is 9.47 Å². The number of nitrogens with one attached hydrogen (secondary N) is 1. The molecule has 0 unspecified atom stereocenters. The van der Waals surface area contributed by atoms with E-state index in [1.54, 1.807) is 25.5 Å². The quantitative estimate of drug-likeness (QED) is 0.652. The molecule has 0 bridgehead atoms. The highest BCUT2D eigenvalue weighted by Gasteiger charge is 2.08. The predicted molar refractivity (Wildman–Crippen MR) is 95.0 cm³/mol. The predicted octanol–water partition coefficient (Wildman–Crippen LogP) is 3.55. The van der Waals surface area contributed by atoms with Gasteiger partial charge in [0, 0.05) is 5.56 Å². The van der Waals surface area contributed by atoms with Gasteiger partial charge in [0.05, 0.1) is 19.4 Å². The van der Waals surface area contributed by atoms with Crippen molar-refractivity contribution in [3.05, 3.63) is 59.2 Å². The second-order valence-corrected chi connectivity index (χ2v) is 5.59. The minimum absolute atomic E-state index is 0.0619. The van der Waals surface area contributed by atoms with Gasteiger partial charge in [-0.1, -0.05) is 18.2 Å². The zero-order valence-corrected chi connectivity index (χ0v) is 14.4. The van der Waals surface area contributed by atoms with Crippen LogP contribution in [0.4, 0.5) is 0 Å². The van der Waals surface area contributed by atoms with E-state index in [9.17, 15) is 4.79 Å². The lowest BCUT2D eigenvalue weighted by atomic mass is 10.1. The molecule has 0 aliphatic carbocycles. The van der Waals surface area contributed by atoms with Crippen molar-refractivity contribution in [3.63, 3.8) is 0 Å². The maximum Gasteiger partial charge on any atom is 0.271 e. The lowest BCUT2D eigenvalue weighted by Gasteiger charge is -2.13. The molecule has 0 radical (unpaired) electrons. The number of hydrogen-bond donors (Lipinski definition) is 1. The van der Waals surface area contributed by atoms with Crippen LogP contribution in [0.25, 0.3) is 0 Å². The number of carbonyl (C=O) groups excluding carboxylic acids is 1. The Morgan fingerprint density at radius 3 is 2.58 bits per heavy atom. The summed E-state index contributed by atoms with van der Waals surface area (Å²) in [6.45, 7) is 5.79. The van der Waals surface area contributed by atoms with Crippen molar-refractivity contribution in [1.29, 1.82) is 0 Å². The van der Waals surface area contributed by atoms with Crippen molar-refractivity contribution in [2.24, 2.45) is 5.10 Å². The smallest absolute Gasteiger partial charge is 0.271 e. The number of carbonyl (C=O) groups is 1. The normalized spacial score (nSPS) is 10.9. The Labute approximate surface area is 142 Å². The fourth-order valence-corrected chi connectivity index (χ4v) is 2.17. The third kappa shape index (κ3) is 4.59. The van der Waals surface area contributed by atoms with Crippen molar-refractivity contribution in [3.8, 4) is 11.5 Å². The van der Waals surface area contributed by atoms with Gasteiger partial charge in [0.1, 0.15) is 0 Å². The summed E-state index contributed by atoms with van der Waals surface area (Å²) in [6, 6.07) is 12.8. The van der Waals surface area contributed by atoms with Crippen LogP contribution in [0.5, 0.6) is 11.5 Å². The van der Waals surface area contributed by atoms with E-state index in [0.29, 0.717) is 17.1 Å². The van der Waals surface area contributed by atoms with Gasteiger partial charge in [-0.15, -0.1) is 0 Å². The third-order valence-corrected chi connectivity index (χ3v) is 3.32. The number of ether oxygens (including phenoxy) is 2. The van der Waals surface area contributed by atoms with Gasteiger partial charge in [0.15, 0.2) is 11.5 Å². The molecule has 1 N–H and O–H groups in total. The zero-order chi connectivity index (χ0) is 17.5. The maximum absolute atomic E-state index is 12.1. The fraction of sp³-hybridized carbons (Fsp3) is 0.263. The van der Waals surface area contributed by atoms with E-state index in [1.165, 1.54) is 0 Å². The van der Waals surface area contributed by atoms with Crippen LogP contribution in [0.3, 0.4) is 0 Å². The molecule has 2 aromatic carbocycles. The van der Waals surface area contributed by atoms with E-state index in [2.05, 4.69) is 10.5 Å². The summed E-state index contributed by atoms with van der Waals surface area (Å²) in [5, 5.41) is 4.00. The van der Waals surface area contributed by atoms with Crippen molar-refractivity contribution in [1.82, 2.24) is 5.43 Å². The first-order valence-electron chi connectivity index (χ1n) is 7.75. The molecule has 0 aliphatic heterocycles. The van der Waals surface area contributed by atoms with Gasteiger partial charge in [0.2, 0.25) is 0 Å². The van der Waals surface area contributed by atoms with Gasteiger partial charge in [-0.05, 0) is 56.2 Å². The van der Waals surface area contributed by atoms with Crippen LogP contribution < -0.4 is 14.9 Å². The van der Waals surface area contributed by atoms with Crippen molar-refractivity contribution in [2.45, 2.75) is 26.9 Å². The monoisotopic (exact) mass is 326 g/mol. The van der Waals surface area contributed by atoms with E-state index in [1.807, 2.05) is 51.1 Å². The van der Waals surface area contributed by atoms with Crippen LogP contribution in [0.2, 0.25) is 0 Å². The molecule has 2 aromatic rings. The average Bonchev–Trinajstić information content (AvgIpc) is 2.56. The molecule has 24 heavy (non-hydrogen) atoms. The van der Waals surface area contributed by atoms with Gasteiger partial charge >= 0.3 is 0 Å². The maximum atomic E-state index is 12.1. The summed E-state index contributed by atoms with van der Waals surface area (Å²) in [5.41, 5.74) is 4.84. The number of hydrogen-bond acceptors (Lipinski definition) is 4. The third-order valence-electron chi connectivity index (χ3n) is 3.32. The zero-order valence-electron chi connectivity index (χ0n) is 14.4. The Balaban J connectivity index is 2.06. The largest absolute Gasteiger partial charge is 0.493 e. The molecule has 0 aliphatic rings. The lowest BCUT2D eigenvalue weighted by Crippen LogP contribution is -2.18. The minimum Gasteiger partial charge on any atom is -0.493 e. The highest BCUT2D eigenvalue weighted by molar-refractivity contribution is 5.96. The molecule has 0 spiro atoms. The molecule has 5 nitrogen and oxygen atoms in total. The first kappa shape index (κ1) is 17.5. The highest BCUT2D eigenvalue weighted by atomic mass is 16.5. The molecule has 0 saturated heterocycles. The summed E-state index contributed by atoms with van der Waals surface area (Å²) in [6.07, 6.45) is 1.63. The number of methoxy groups -OCH3 is 1. The lowest BCUT2D eigenvalue weighted by molar-refractivity contribution is 0.0954. The standard InChI is InChI=1S/C19H22N2O3/c1-13(2)24-17-10-9-15(11-18(17)23-4)12-20-21-19(22)16-8-6-5-7-14(16)3/h5-13H,1-4H3,(H,21,22). The topological polar surface area (TPSA) is 59.9 Å². The Kier molecular flexibility index (Phi) is 5.95. The van der Waals surface area contributed by atoms with Gasteiger partial charge in [-0.25, -0.2) is 5.43 Å². The Morgan fingerprint density at radius 2 is 1.92 bits per heavy atom. The van der Waals surface area contributed by atoms with Crippen LogP contribution in [0.15, 0.2) is 47.6 Å². The van der Waals surface area contributed by atoms with E-state index >= 15 is 0 Å². The van der Waals surface area contributed by atoms with Crippen molar-refractivity contribution < 1.29 is 14.3 Å². The molecular weight excluding hydrogens is 304 g/mol. The Hall–Kier alpha value is -2.82. The van der Waals surface area contributed by atoms with E-state index in [0.717, 1.165) is 11.1 Å². The molecule has 126 valence electrons. The van der Waals surface area contributed by atoms with Crippen LogP contribution in [-0.4, -0.2) is 25.3 Å². The number of aryl methyl sites for hydroxylation is 1. The fourth-order valence-electron chi connectivity index (χ4n) is 2.17.